The van der Waals surface area contributed by atoms with Crippen LogP contribution >= 0.6 is 0 Å². The molecule has 0 amide bonds. The average Bonchev–Trinajstić information content (AvgIpc) is 2.30. The van der Waals surface area contributed by atoms with Crippen molar-refractivity contribution in [3.05, 3.63) is 24.3 Å². The molecule has 0 bridgehead atoms. The lowest BCUT2D eigenvalue weighted by atomic mass is 10.1. The van der Waals surface area contributed by atoms with Crippen molar-refractivity contribution in [2.24, 2.45) is 0 Å². The van der Waals surface area contributed by atoms with E-state index in [0.717, 1.165) is 12.8 Å². The van der Waals surface area contributed by atoms with Gasteiger partial charge in [0.05, 0.1) is 11.5 Å². The van der Waals surface area contributed by atoms with Crippen LogP contribution < -0.4 is 4.72 Å². The van der Waals surface area contributed by atoms with Gasteiger partial charge in [0.25, 0.3) is 0 Å². The fourth-order valence-corrected chi connectivity index (χ4v) is 3.07. The van der Waals surface area contributed by atoms with E-state index >= 15 is 0 Å². The molecule has 1 aliphatic rings. The molecule has 2 N–H and O–H groups in total. The number of nitrogens with one attached hydrogen (secondary N) is 1. The highest BCUT2D eigenvalue weighted by atomic mass is 32.2. The quantitative estimate of drug-likeness (QED) is 0.841. The molecule has 1 aromatic rings. The second-order valence-corrected chi connectivity index (χ2v) is 5.75. The summed E-state index contributed by atoms with van der Waals surface area (Å²) in [6.07, 6.45) is 1.63. The highest BCUT2D eigenvalue weighted by molar-refractivity contribution is 7.89. The first-order chi connectivity index (χ1) is 8.08. The molecule has 1 aliphatic heterocycles. The second-order valence-electron chi connectivity index (χ2n) is 4.03. The van der Waals surface area contributed by atoms with Gasteiger partial charge in [-0.15, -0.1) is 0 Å². The van der Waals surface area contributed by atoms with Crippen LogP contribution in [0.3, 0.4) is 0 Å². The zero-order valence-corrected chi connectivity index (χ0v) is 10.1. The lowest BCUT2D eigenvalue weighted by Crippen LogP contribution is -2.40. The van der Waals surface area contributed by atoms with Gasteiger partial charge in [-0.25, -0.2) is 13.1 Å². The van der Waals surface area contributed by atoms with E-state index in [1.807, 2.05) is 0 Å². The minimum absolute atomic E-state index is 0.0623. The zero-order chi connectivity index (χ0) is 12.3. The third kappa shape index (κ3) is 3.18. The van der Waals surface area contributed by atoms with Gasteiger partial charge < -0.3 is 9.84 Å². The smallest absolute Gasteiger partial charge is 0.241 e. The molecule has 0 radical (unpaired) electrons. The second kappa shape index (κ2) is 5.03. The first-order valence-electron chi connectivity index (χ1n) is 5.47. The summed E-state index contributed by atoms with van der Waals surface area (Å²) in [5.74, 6) is -0.0623. The van der Waals surface area contributed by atoms with Gasteiger partial charge in [-0.2, -0.15) is 0 Å². The van der Waals surface area contributed by atoms with Crippen molar-refractivity contribution >= 4 is 10.0 Å². The standard InChI is InChI=1S/C11H15NO4S/c13-10-4-1-5-11(7-10)17(14,15)12-9-3-2-6-16-8-9/h1,4-5,7,9,12-13H,2-3,6,8H2. The van der Waals surface area contributed by atoms with E-state index in [1.165, 1.54) is 24.3 Å². The predicted molar refractivity (Wildman–Crippen MR) is 62.3 cm³/mol. The van der Waals surface area contributed by atoms with Gasteiger partial charge in [-0.1, -0.05) is 6.07 Å². The molecule has 1 heterocycles. The minimum atomic E-state index is -3.57. The van der Waals surface area contributed by atoms with Gasteiger partial charge in [0.2, 0.25) is 10.0 Å². The largest absolute Gasteiger partial charge is 0.508 e. The number of hydrogen-bond acceptors (Lipinski definition) is 4. The molecule has 2 rings (SSSR count). The maximum atomic E-state index is 12.0. The molecule has 6 heteroatoms. The summed E-state index contributed by atoms with van der Waals surface area (Å²) in [6, 6.07) is 5.43. The summed E-state index contributed by atoms with van der Waals surface area (Å²) in [7, 11) is -3.57. The Morgan fingerprint density at radius 2 is 2.24 bits per heavy atom. The monoisotopic (exact) mass is 257 g/mol. The van der Waals surface area contributed by atoms with Crippen molar-refractivity contribution in [1.29, 1.82) is 0 Å². The maximum Gasteiger partial charge on any atom is 0.241 e. The first kappa shape index (κ1) is 12.3. The molecule has 1 atom stereocenters. The van der Waals surface area contributed by atoms with E-state index in [1.54, 1.807) is 0 Å². The predicted octanol–water partition coefficient (Wildman–Crippen LogP) is 0.849. The number of ether oxygens (including phenoxy) is 1. The van der Waals surface area contributed by atoms with E-state index in [-0.39, 0.29) is 16.7 Å². The highest BCUT2D eigenvalue weighted by Gasteiger charge is 2.22. The third-order valence-electron chi connectivity index (χ3n) is 2.61. The van der Waals surface area contributed by atoms with Crippen LogP contribution in [0.25, 0.3) is 0 Å². The number of aromatic hydroxyl groups is 1. The van der Waals surface area contributed by atoms with Crippen molar-refractivity contribution in [2.75, 3.05) is 13.2 Å². The van der Waals surface area contributed by atoms with Crippen molar-refractivity contribution in [2.45, 2.75) is 23.8 Å². The molecule has 1 saturated heterocycles. The molecule has 0 saturated carbocycles. The van der Waals surface area contributed by atoms with E-state index < -0.39 is 10.0 Å². The molecule has 5 nitrogen and oxygen atoms in total. The Kier molecular flexibility index (Phi) is 3.66. The van der Waals surface area contributed by atoms with E-state index in [4.69, 9.17) is 4.74 Å². The fraction of sp³-hybridized carbons (Fsp3) is 0.455. The van der Waals surface area contributed by atoms with E-state index in [9.17, 15) is 13.5 Å². The van der Waals surface area contributed by atoms with E-state index in [0.29, 0.717) is 13.2 Å². The molecule has 0 spiro atoms. The number of sulfonamides is 1. The number of benzene rings is 1. The Hall–Kier alpha value is -1.11. The molecular formula is C11H15NO4S. The maximum absolute atomic E-state index is 12.0. The van der Waals surface area contributed by atoms with Gasteiger partial charge >= 0.3 is 0 Å². The summed E-state index contributed by atoms with van der Waals surface area (Å²) >= 11 is 0. The van der Waals surface area contributed by atoms with Crippen molar-refractivity contribution < 1.29 is 18.3 Å². The number of phenolic OH excluding ortho intramolecular Hbond substituents is 1. The van der Waals surface area contributed by atoms with Crippen LogP contribution in [0.4, 0.5) is 0 Å². The Bertz CT molecular complexity index is 480. The van der Waals surface area contributed by atoms with Gasteiger partial charge in [0.1, 0.15) is 5.75 Å². The molecule has 1 unspecified atom stereocenters. The number of phenols is 1. The van der Waals surface area contributed by atoms with Gasteiger partial charge in [0.15, 0.2) is 0 Å². The van der Waals surface area contributed by atoms with Crippen LogP contribution in [0.2, 0.25) is 0 Å². The highest BCUT2D eigenvalue weighted by Crippen LogP contribution is 2.17. The first-order valence-corrected chi connectivity index (χ1v) is 6.95. The summed E-state index contributed by atoms with van der Waals surface area (Å²) in [6.45, 7) is 1.09. The topological polar surface area (TPSA) is 75.6 Å². The summed E-state index contributed by atoms with van der Waals surface area (Å²) in [4.78, 5) is 0.0723. The molecule has 94 valence electrons. The third-order valence-corrected chi connectivity index (χ3v) is 4.13. The Morgan fingerprint density at radius 1 is 1.41 bits per heavy atom. The van der Waals surface area contributed by atoms with Crippen LogP contribution in [-0.4, -0.2) is 32.8 Å². The molecular weight excluding hydrogens is 242 g/mol. The van der Waals surface area contributed by atoms with Crippen LogP contribution in [0.15, 0.2) is 29.2 Å². The summed E-state index contributed by atoms with van der Waals surface area (Å²) < 4.78 is 31.7. The molecule has 0 aliphatic carbocycles. The normalized spacial score (nSPS) is 21.3. The SMILES string of the molecule is O=S(=O)(NC1CCCOC1)c1cccc(O)c1. The van der Waals surface area contributed by atoms with Crippen LogP contribution in [0.5, 0.6) is 5.75 Å². The Balaban J connectivity index is 2.13. The minimum Gasteiger partial charge on any atom is -0.508 e. The Labute approximate surface area is 100 Å². The molecule has 1 fully saturated rings. The van der Waals surface area contributed by atoms with Crippen molar-refractivity contribution in [3.63, 3.8) is 0 Å². The van der Waals surface area contributed by atoms with Crippen LogP contribution in [0.1, 0.15) is 12.8 Å². The zero-order valence-electron chi connectivity index (χ0n) is 9.30. The van der Waals surface area contributed by atoms with Crippen LogP contribution in [-0.2, 0) is 14.8 Å². The van der Waals surface area contributed by atoms with Crippen molar-refractivity contribution in [3.8, 4) is 5.75 Å². The van der Waals surface area contributed by atoms with Crippen LogP contribution in [0, 0.1) is 0 Å². The molecule has 0 aromatic heterocycles. The summed E-state index contributed by atoms with van der Waals surface area (Å²) in [5, 5.41) is 9.27. The number of rotatable bonds is 3. The molecule has 17 heavy (non-hydrogen) atoms. The average molecular weight is 257 g/mol. The Morgan fingerprint density at radius 3 is 2.88 bits per heavy atom. The van der Waals surface area contributed by atoms with E-state index in [2.05, 4.69) is 4.72 Å². The van der Waals surface area contributed by atoms with Crippen molar-refractivity contribution in [1.82, 2.24) is 4.72 Å². The summed E-state index contributed by atoms with van der Waals surface area (Å²) in [5.41, 5.74) is 0. The lowest BCUT2D eigenvalue weighted by Gasteiger charge is -2.22. The fourth-order valence-electron chi connectivity index (χ4n) is 1.77. The van der Waals surface area contributed by atoms with Gasteiger partial charge in [-0.05, 0) is 31.0 Å². The molecule has 1 aromatic carbocycles. The van der Waals surface area contributed by atoms with Gasteiger partial charge in [0, 0.05) is 12.6 Å². The number of hydrogen-bond donors (Lipinski definition) is 2. The lowest BCUT2D eigenvalue weighted by molar-refractivity contribution is 0.0774. The van der Waals surface area contributed by atoms with Gasteiger partial charge in [-0.3, -0.25) is 0 Å².